The molecular weight excluding hydrogens is 466 g/mol. The predicted octanol–water partition coefficient (Wildman–Crippen LogP) is 1.26. The number of ether oxygens (including phenoxy) is 2. The van der Waals surface area contributed by atoms with Gasteiger partial charge in [0.15, 0.2) is 18.2 Å². The minimum absolute atomic E-state index is 0.0151. The van der Waals surface area contributed by atoms with Crippen LogP contribution in [0.1, 0.15) is 41.4 Å². The number of guanidine groups is 1. The highest BCUT2D eigenvalue weighted by Crippen LogP contribution is 2.39. The van der Waals surface area contributed by atoms with Gasteiger partial charge in [0.2, 0.25) is 0 Å². The first-order valence-corrected chi connectivity index (χ1v) is 13.1. The molecule has 0 aliphatic carbocycles. The number of benzene rings is 1. The van der Waals surface area contributed by atoms with Gasteiger partial charge in [0.1, 0.15) is 18.4 Å². The molecule has 0 saturated carbocycles. The van der Waals surface area contributed by atoms with E-state index in [-0.39, 0.29) is 23.7 Å². The van der Waals surface area contributed by atoms with Gasteiger partial charge in [0, 0.05) is 17.4 Å². The predicted molar refractivity (Wildman–Crippen MR) is 128 cm³/mol. The van der Waals surface area contributed by atoms with Crippen molar-refractivity contribution in [1.82, 2.24) is 10.2 Å². The lowest BCUT2D eigenvalue weighted by Gasteiger charge is -2.31. The molecule has 3 aliphatic rings. The van der Waals surface area contributed by atoms with Crippen molar-refractivity contribution in [3.63, 3.8) is 0 Å². The lowest BCUT2D eigenvalue weighted by Crippen LogP contribution is -2.55. The van der Waals surface area contributed by atoms with Crippen LogP contribution in [0.25, 0.3) is 0 Å². The minimum Gasteiger partial charge on any atom is -0.456 e. The first kappa shape index (κ1) is 23.9. The normalized spacial score (nSPS) is 29.4. The summed E-state index contributed by atoms with van der Waals surface area (Å²) in [5, 5.41) is 12.4. The molecule has 0 radical (unpaired) electrons. The van der Waals surface area contributed by atoms with Crippen molar-refractivity contribution >= 4 is 45.8 Å². The summed E-state index contributed by atoms with van der Waals surface area (Å²) in [5.74, 6) is 0.191. The van der Waals surface area contributed by atoms with Gasteiger partial charge in [0.05, 0.1) is 18.5 Å². The van der Waals surface area contributed by atoms with E-state index in [0.29, 0.717) is 12.0 Å². The number of carbonyl (C=O) groups is 2. The Bertz CT molecular complexity index is 961. The molecule has 178 valence electrons. The molecule has 6 atom stereocenters. The van der Waals surface area contributed by atoms with Crippen LogP contribution in [-0.4, -0.2) is 77.2 Å². The third kappa shape index (κ3) is 4.98. The quantitative estimate of drug-likeness (QED) is 0.361. The molecule has 33 heavy (non-hydrogen) atoms. The SMILES string of the molecule is CCSSC(C)c1ccccc1C(=O)O[C@@H]1C[C@H](N2C=NC3C(=O)NC(N)=NC32)OC1CO. The summed E-state index contributed by atoms with van der Waals surface area (Å²) in [6, 6.07) is 6.67. The third-order valence-corrected chi connectivity index (χ3v) is 8.54. The van der Waals surface area contributed by atoms with E-state index in [1.54, 1.807) is 38.6 Å². The molecule has 4 unspecified atom stereocenters. The van der Waals surface area contributed by atoms with Gasteiger partial charge in [-0.05, 0) is 18.6 Å². The van der Waals surface area contributed by atoms with E-state index in [9.17, 15) is 14.7 Å². The fourth-order valence-corrected chi connectivity index (χ4v) is 6.03. The van der Waals surface area contributed by atoms with Gasteiger partial charge >= 0.3 is 5.97 Å². The van der Waals surface area contributed by atoms with E-state index < -0.39 is 36.6 Å². The smallest absolute Gasteiger partial charge is 0.338 e. The molecule has 3 heterocycles. The van der Waals surface area contributed by atoms with E-state index in [0.717, 1.165) is 11.3 Å². The van der Waals surface area contributed by atoms with Crippen molar-refractivity contribution in [3.05, 3.63) is 35.4 Å². The Morgan fingerprint density at radius 2 is 2.24 bits per heavy atom. The number of nitrogens with two attached hydrogens (primary N) is 1. The topological polar surface area (TPSA) is 139 Å². The van der Waals surface area contributed by atoms with Crippen LogP contribution in [0.3, 0.4) is 0 Å². The van der Waals surface area contributed by atoms with Crippen LogP contribution in [0.5, 0.6) is 0 Å². The molecule has 10 nitrogen and oxygen atoms in total. The molecule has 0 aromatic heterocycles. The molecule has 1 saturated heterocycles. The molecule has 1 aromatic rings. The fraction of sp³-hybridized carbons (Fsp3) is 0.524. The summed E-state index contributed by atoms with van der Waals surface area (Å²) in [6.07, 6.45) is -0.792. The number of aliphatic hydroxyl groups is 1. The van der Waals surface area contributed by atoms with Gasteiger partial charge in [-0.15, -0.1) is 0 Å². The van der Waals surface area contributed by atoms with Crippen molar-refractivity contribution < 1.29 is 24.2 Å². The number of hydrogen-bond acceptors (Lipinski definition) is 11. The Labute approximate surface area is 199 Å². The van der Waals surface area contributed by atoms with Crippen molar-refractivity contribution in [2.45, 2.75) is 56.2 Å². The maximum atomic E-state index is 13.1. The summed E-state index contributed by atoms with van der Waals surface area (Å²) in [7, 11) is 3.44. The first-order valence-electron chi connectivity index (χ1n) is 10.7. The second-order valence-corrected chi connectivity index (χ2v) is 10.8. The maximum Gasteiger partial charge on any atom is 0.338 e. The molecule has 1 fully saturated rings. The number of nitrogens with one attached hydrogen (secondary N) is 1. The van der Waals surface area contributed by atoms with Gasteiger partial charge in [-0.1, -0.05) is 46.7 Å². The summed E-state index contributed by atoms with van der Waals surface area (Å²) in [6.45, 7) is 3.82. The molecular formula is C21H27N5O5S2. The first-order chi connectivity index (χ1) is 15.9. The standard InChI is InChI=1S/C21H27N5O5S2/c1-3-32-33-11(2)12-6-4-5-7-13(12)20(29)31-14-8-16(30-15(14)9-27)26-10-23-17-18(26)24-21(22)25-19(17)28/h4-7,10-11,14-18,27H,3,8-9H2,1-2H3,(H3,22,24,25,28)/t11?,14-,15?,16-,17?,18?/m1/s1. The van der Waals surface area contributed by atoms with Crippen LogP contribution >= 0.6 is 21.6 Å². The van der Waals surface area contributed by atoms with Gasteiger partial charge in [-0.2, -0.15) is 0 Å². The van der Waals surface area contributed by atoms with Crippen LogP contribution < -0.4 is 11.1 Å². The van der Waals surface area contributed by atoms with Crippen molar-refractivity contribution in [2.75, 3.05) is 12.4 Å². The Morgan fingerprint density at radius 1 is 1.45 bits per heavy atom. The number of fused-ring (bicyclic) bond motifs is 1. The Kier molecular flexibility index (Phi) is 7.47. The van der Waals surface area contributed by atoms with E-state index >= 15 is 0 Å². The molecule has 4 N–H and O–H groups in total. The van der Waals surface area contributed by atoms with Crippen molar-refractivity contribution in [1.29, 1.82) is 0 Å². The van der Waals surface area contributed by atoms with E-state index in [2.05, 4.69) is 29.1 Å². The minimum atomic E-state index is -0.720. The number of carbonyl (C=O) groups excluding carboxylic acids is 2. The molecule has 12 heteroatoms. The lowest BCUT2D eigenvalue weighted by molar-refractivity contribution is -0.123. The van der Waals surface area contributed by atoms with Gasteiger partial charge in [0.25, 0.3) is 5.91 Å². The lowest BCUT2D eigenvalue weighted by atomic mass is 10.0. The zero-order valence-electron chi connectivity index (χ0n) is 18.3. The summed E-state index contributed by atoms with van der Waals surface area (Å²) in [5.41, 5.74) is 7.10. The number of amides is 1. The molecule has 1 aromatic carbocycles. The highest BCUT2D eigenvalue weighted by molar-refractivity contribution is 8.76. The van der Waals surface area contributed by atoms with E-state index in [1.165, 1.54) is 6.34 Å². The largest absolute Gasteiger partial charge is 0.456 e. The number of hydrogen-bond donors (Lipinski definition) is 3. The maximum absolute atomic E-state index is 13.1. The number of nitrogens with zero attached hydrogens (tertiary/aromatic N) is 3. The van der Waals surface area contributed by atoms with Gasteiger partial charge < -0.3 is 25.2 Å². The number of aliphatic imine (C=N–C) groups is 2. The van der Waals surface area contributed by atoms with E-state index in [1.807, 2.05) is 12.1 Å². The van der Waals surface area contributed by atoms with Crippen LogP contribution in [0.2, 0.25) is 0 Å². The highest BCUT2D eigenvalue weighted by Gasteiger charge is 2.47. The van der Waals surface area contributed by atoms with Crippen molar-refractivity contribution in [3.8, 4) is 0 Å². The zero-order valence-corrected chi connectivity index (χ0v) is 19.9. The highest BCUT2D eigenvalue weighted by atomic mass is 33.1. The Morgan fingerprint density at radius 3 is 3.00 bits per heavy atom. The second kappa shape index (κ2) is 10.3. The monoisotopic (exact) mass is 493 g/mol. The zero-order chi connectivity index (χ0) is 23.5. The van der Waals surface area contributed by atoms with Crippen LogP contribution in [-0.2, 0) is 14.3 Å². The summed E-state index contributed by atoms with van der Waals surface area (Å²) >= 11 is 0. The Hall–Kier alpha value is -2.28. The molecule has 0 bridgehead atoms. The fourth-order valence-electron chi connectivity index (χ4n) is 4.05. The number of rotatable bonds is 8. The second-order valence-electron chi connectivity index (χ2n) is 7.80. The molecule has 4 rings (SSSR count). The average Bonchev–Trinajstić information content (AvgIpc) is 3.41. The van der Waals surface area contributed by atoms with Gasteiger partial charge in [-0.3, -0.25) is 15.1 Å². The number of aliphatic hydroxyl groups excluding tert-OH is 1. The van der Waals surface area contributed by atoms with E-state index in [4.69, 9.17) is 15.2 Å². The van der Waals surface area contributed by atoms with Crippen molar-refractivity contribution in [2.24, 2.45) is 15.7 Å². The third-order valence-electron chi connectivity index (χ3n) is 5.64. The average molecular weight is 494 g/mol. The van der Waals surface area contributed by atoms with Crippen LogP contribution in [0.15, 0.2) is 34.3 Å². The molecule has 1 amide bonds. The van der Waals surface area contributed by atoms with Crippen LogP contribution in [0, 0.1) is 0 Å². The molecule has 0 spiro atoms. The summed E-state index contributed by atoms with van der Waals surface area (Å²) < 4.78 is 11.8. The van der Waals surface area contributed by atoms with Crippen LogP contribution in [0.4, 0.5) is 0 Å². The Balaban J connectivity index is 1.46. The molecule has 3 aliphatic heterocycles. The van der Waals surface area contributed by atoms with Gasteiger partial charge in [-0.25, -0.2) is 9.79 Å². The summed E-state index contributed by atoms with van der Waals surface area (Å²) in [4.78, 5) is 35.4. The number of esters is 1.